The predicted octanol–water partition coefficient (Wildman–Crippen LogP) is 4.11. The average molecular weight is 298 g/mol. The Morgan fingerprint density at radius 1 is 1.35 bits per heavy atom. The monoisotopic (exact) mass is 297 g/mol. The molecule has 0 unspecified atom stereocenters. The van der Waals surface area contributed by atoms with Crippen molar-refractivity contribution in [1.82, 2.24) is 5.32 Å². The molecule has 2 N–H and O–H groups in total. The van der Waals surface area contributed by atoms with E-state index in [0.29, 0.717) is 23.4 Å². The van der Waals surface area contributed by atoms with Gasteiger partial charge in [-0.05, 0) is 31.7 Å². The number of hydrogen-bond acceptors (Lipinski definition) is 3. The topological polar surface area (TPSA) is 41.5 Å². The molecule has 0 heterocycles. The molecular formula is C16H24ClNO2. The van der Waals surface area contributed by atoms with Gasteiger partial charge >= 0.3 is 0 Å². The smallest absolute Gasteiger partial charge is 0.162 e. The average Bonchev–Trinajstić information content (AvgIpc) is 2.48. The molecule has 1 aromatic rings. The van der Waals surface area contributed by atoms with Gasteiger partial charge in [-0.25, -0.2) is 0 Å². The Bertz CT molecular complexity index is 444. The fraction of sp³-hybridized carbons (Fsp3) is 0.625. The van der Waals surface area contributed by atoms with Crippen LogP contribution in [0.3, 0.4) is 0 Å². The first-order chi connectivity index (χ1) is 9.61. The van der Waals surface area contributed by atoms with Gasteiger partial charge in [0.2, 0.25) is 0 Å². The highest BCUT2D eigenvalue weighted by atomic mass is 35.5. The molecular weight excluding hydrogens is 274 g/mol. The lowest BCUT2D eigenvalue weighted by Gasteiger charge is -2.28. The van der Waals surface area contributed by atoms with Crippen LogP contribution >= 0.6 is 11.6 Å². The van der Waals surface area contributed by atoms with Crippen molar-refractivity contribution in [3.05, 3.63) is 22.7 Å². The molecule has 2 rings (SSSR count). The van der Waals surface area contributed by atoms with E-state index in [0.717, 1.165) is 11.5 Å². The number of hydrogen-bond donors (Lipinski definition) is 2. The normalized spacial score (nSPS) is 17.9. The molecule has 20 heavy (non-hydrogen) atoms. The Labute approximate surface area is 126 Å². The number of nitrogens with one attached hydrogen (secondary N) is 1. The SMILES string of the molecule is COc1cc(Cl)cc(CN[C@H](C)C2CCCCC2)c1O. The number of rotatable bonds is 5. The summed E-state index contributed by atoms with van der Waals surface area (Å²) in [6.45, 7) is 2.84. The number of methoxy groups -OCH3 is 1. The second-order valence-corrected chi connectivity index (χ2v) is 6.12. The number of phenols is 1. The summed E-state index contributed by atoms with van der Waals surface area (Å²) >= 11 is 6.05. The maximum atomic E-state index is 10.1. The summed E-state index contributed by atoms with van der Waals surface area (Å²) in [5, 5.41) is 14.2. The lowest BCUT2D eigenvalue weighted by Crippen LogP contribution is -2.34. The number of aromatic hydroxyl groups is 1. The third-order valence-corrected chi connectivity index (χ3v) is 4.53. The van der Waals surface area contributed by atoms with Crippen LogP contribution in [-0.4, -0.2) is 18.3 Å². The van der Waals surface area contributed by atoms with E-state index in [1.807, 2.05) is 0 Å². The van der Waals surface area contributed by atoms with Crippen molar-refractivity contribution in [2.75, 3.05) is 7.11 Å². The molecule has 4 heteroatoms. The maximum absolute atomic E-state index is 10.1. The summed E-state index contributed by atoms with van der Waals surface area (Å²) in [5.41, 5.74) is 0.789. The Kier molecular flexibility index (Phi) is 5.55. The molecule has 1 aromatic carbocycles. The number of benzene rings is 1. The number of halogens is 1. The van der Waals surface area contributed by atoms with Crippen LogP contribution in [-0.2, 0) is 6.54 Å². The van der Waals surface area contributed by atoms with Crippen LogP contribution < -0.4 is 10.1 Å². The zero-order valence-corrected chi connectivity index (χ0v) is 13.0. The maximum Gasteiger partial charge on any atom is 0.162 e. The Morgan fingerprint density at radius 3 is 2.70 bits per heavy atom. The summed E-state index contributed by atoms with van der Waals surface area (Å²) in [5.74, 6) is 1.35. The van der Waals surface area contributed by atoms with E-state index in [4.69, 9.17) is 16.3 Å². The summed E-state index contributed by atoms with van der Waals surface area (Å²) in [6.07, 6.45) is 6.66. The lowest BCUT2D eigenvalue weighted by atomic mass is 9.84. The molecule has 3 nitrogen and oxygen atoms in total. The molecule has 0 aliphatic heterocycles. The van der Waals surface area contributed by atoms with Gasteiger partial charge in [0.25, 0.3) is 0 Å². The van der Waals surface area contributed by atoms with E-state index in [-0.39, 0.29) is 5.75 Å². The van der Waals surface area contributed by atoms with Gasteiger partial charge in [-0.2, -0.15) is 0 Å². The minimum Gasteiger partial charge on any atom is -0.504 e. The standard InChI is InChI=1S/C16H24ClNO2/c1-11(12-6-4-3-5-7-12)18-10-13-8-14(17)9-15(20-2)16(13)19/h8-9,11-12,18-19H,3-7,10H2,1-2H3/t11-/m1/s1. The first kappa shape index (κ1) is 15.5. The highest BCUT2D eigenvalue weighted by Gasteiger charge is 2.20. The molecule has 1 saturated carbocycles. The summed E-state index contributed by atoms with van der Waals surface area (Å²) in [4.78, 5) is 0. The molecule has 1 aliphatic carbocycles. The minimum atomic E-state index is 0.181. The highest BCUT2D eigenvalue weighted by Crippen LogP contribution is 2.33. The molecule has 1 atom stereocenters. The van der Waals surface area contributed by atoms with Gasteiger partial charge in [-0.15, -0.1) is 0 Å². The fourth-order valence-corrected chi connectivity index (χ4v) is 3.22. The molecule has 0 radical (unpaired) electrons. The molecule has 1 aliphatic rings. The van der Waals surface area contributed by atoms with Crippen LogP contribution in [0, 0.1) is 5.92 Å². The largest absolute Gasteiger partial charge is 0.504 e. The van der Waals surface area contributed by atoms with Gasteiger partial charge in [0.05, 0.1) is 7.11 Å². The van der Waals surface area contributed by atoms with Crippen LogP contribution in [0.1, 0.15) is 44.6 Å². The summed E-state index contributed by atoms with van der Waals surface area (Å²) in [6, 6.07) is 3.88. The van der Waals surface area contributed by atoms with Gasteiger partial charge in [0.1, 0.15) is 0 Å². The van der Waals surface area contributed by atoms with Gasteiger partial charge in [0, 0.05) is 29.2 Å². The Hall–Kier alpha value is -0.930. The zero-order valence-electron chi connectivity index (χ0n) is 12.3. The molecule has 112 valence electrons. The van der Waals surface area contributed by atoms with Crippen LogP contribution in [0.5, 0.6) is 11.5 Å². The fourth-order valence-electron chi connectivity index (χ4n) is 2.99. The molecule has 0 amide bonds. The van der Waals surface area contributed by atoms with Crippen molar-refractivity contribution in [1.29, 1.82) is 0 Å². The van der Waals surface area contributed by atoms with E-state index in [9.17, 15) is 5.11 Å². The van der Waals surface area contributed by atoms with Crippen LogP contribution in [0.4, 0.5) is 0 Å². The first-order valence-electron chi connectivity index (χ1n) is 7.40. The van der Waals surface area contributed by atoms with Gasteiger partial charge in [-0.3, -0.25) is 0 Å². The molecule has 0 saturated heterocycles. The van der Waals surface area contributed by atoms with Gasteiger partial charge in [0.15, 0.2) is 11.5 Å². The minimum absolute atomic E-state index is 0.181. The lowest BCUT2D eigenvalue weighted by molar-refractivity contribution is 0.279. The highest BCUT2D eigenvalue weighted by molar-refractivity contribution is 6.30. The Balaban J connectivity index is 1.97. The van der Waals surface area contributed by atoms with Crippen LogP contribution in [0.25, 0.3) is 0 Å². The summed E-state index contributed by atoms with van der Waals surface area (Å²) in [7, 11) is 1.53. The number of phenolic OH excluding ortho intramolecular Hbond substituents is 1. The van der Waals surface area contributed by atoms with E-state index >= 15 is 0 Å². The van der Waals surface area contributed by atoms with Crippen LogP contribution in [0.2, 0.25) is 5.02 Å². The third kappa shape index (κ3) is 3.80. The van der Waals surface area contributed by atoms with Gasteiger partial charge in [-0.1, -0.05) is 30.9 Å². The second kappa shape index (κ2) is 7.19. The van der Waals surface area contributed by atoms with Gasteiger partial charge < -0.3 is 15.2 Å². The van der Waals surface area contributed by atoms with Crippen LogP contribution in [0.15, 0.2) is 12.1 Å². The third-order valence-electron chi connectivity index (χ3n) is 4.31. The van der Waals surface area contributed by atoms with Crippen molar-refractivity contribution < 1.29 is 9.84 Å². The predicted molar refractivity (Wildman–Crippen MR) is 82.5 cm³/mol. The zero-order chi connectivity index (χ0) is 14.5. The van der Waals surface area contributed by atoms with E-state index in [1.54, 1.807) is 12.1 Å². The quantitative estimate of drug-likeness (QED) is 0.859. The second-order valence-electron chi connectivity index (χ2n) is 5.68. The van der Waals surface area contributed by atoms with Crippen molar-refractivity contribution in [2.45, 2.75) is 51.6 Å². The molecule has 0 bridgehead atoms. The molecule has 0 spiro atoms. The van der Waals surface area contributed by atoms with Crippen molar-refractivity contribution in [2.24, 2.45) is 5.92 Å². The van der Waals surface area contributed by atoms with Crippen molar-refractivity contribution >= 4 is 11.6 Å². The van der Waals surface area contributed by atoms with E-state index < -0.39 is 0 Å². The molecule has 0 aromatic heterocycles. The van der Waals surface area contributed by atoms with E-state index in [2.05, 4.69) is 12.2 Å². The van der Waals surface area contributed by atoms with Crippen molar-refractivity contribution in [3.8, 4) is 11.5 Å². The summed E-state index contributed by atoms with van der Waals surface area (Å²) < 4.78 is 5.13. The Morgan fingerprint density at radius 2 is 2.05 bits per heavy atom. The van der Waals surface area contributed by atoms with E-state index in [1.165, 1.54) is 39.2 Å². The molecule has 1 fully saturated rings. The number of ether oxygens (including phenoxy) is 1. The first-order valence-corrected chi connectivity index (χ1v) is 7.78. The van der Waals surface area contributed by atoms with Crippen molar-refractivity contribution in [3.63, 3.8) is 0 Å².